The van der Waals surface area contributed by atoms with Gasteiger partial charge in [-0.25, -0.2) is 4.98 Å². The van der Waals surface area contributed by atoms with Crippen molar-refractivity contribution >= 4 is 51.9 Å². The third-order valence-electron chi connectivity index (χ3n) is 3.70. The van der Waals surface area contributed by atoms with E-state index in [0.29, 0.717) is 16.5 Å². The Labute approximate surface area is 141 Å². The lowest BCUT2D eigenvalue weighted by Crippen LogP contribution is -2.19. The molecule has 1 atom stereocenters. The Bertz CT molecular complexity index is 906. The molecule has 0 saturated heterocycles. The minimum Gasteiger partial charge on any atom is -0.274 e. The maximum absolute atomic E-state index is 12.5. The summed E-state index contributed by atoms with van der Waals surface area (Å²) in [5, 5.41) is 1.76. The molecule has 22 heavy (non-hydrogen) atoms. The summed E-state index contributed by atoms with van der Waals surface area (Å²) in [6.07, 6.45) is 0.413. The highest BCUT2D eigenvalue weighted by Crippen LogP contribution is 2.43. The molecule has 0 radical (unpaired) electrons. The van der Waals surface area contributed by atoms with Crippen molar-refractivity contribution in [2.45, 2.75) is 16.8 Å². The fourth-order valence-electron chi connectivity index (χ4n) is 2.64. The Morgan fingerprint density at radius 3 is 2.77 bits per heavy atom. The third kappa shape index (κ3) is 2.22. The Hall–Kier alpha value is -1.49. The van der Waals surface area contributed by atoms with Gasteiger partial charge >= 0.3 is 0 Å². The number of aromatic nitrogens is 2. The molecule has 0 saturated carbocycles. The van der Waals surface area contributed by atoms with Gasteiger partial charge in [0.05, 0.1) is 21.1 Å². The smallest absolute Gasteiger partial charge is 0.234 e. The van der Waals surface area contributed by atoms with Gasteiger partial charge in [-0.3, -0.25) is 9.36 Å². The first-order valence-corrected chi connectivity index (χ1v) is 8.39. The number of rotatable bonds is 1. The molecule has 1 unspecified atom stereocenters. The van der Waals surface area contributed by atoms with Crippen LogP contribution in [-0.4, -0.2) is 15.5 Å². The molecule has 0 aliphatic carbocycles. The largest absolute Gasteiger partial charge is 0.274 e. The molecular formula is C16H10Cl2N2OS. The van der Waals surface area contributed by atoms with Crippen LogP contribution in [0, 0.1) is 0 Å². The van der Waals surface area contributed by atoms with Crippen LogP contribution in [0.15, 0.2) is 47.6 Å². The van der Waals surface area contributed by atoms with E-state index in [0.717, 1.165) is 21.8 Å². The average Bonchev–Trinajstić information content (AvgIpc) is 2.88. The molecule has 0 bridgehead atoms. The van der Waals surface area contributed by atoms with Gasteiger partial charge < -0.3 is 0 Å². The van der Waals surface area contributed by atoms with E-state index in [1.165, 1.54) is 0 Å². The second kappa shape index (κ2) is 5.30. The fourth-order valence-corrected chi connectivity index (χ4v) is 4.17. The lowest BCUT2D eigenvalue weighted by atomic mass is 10.1. The number of benzene rings is 2. The Morgan fingerprint density at radius 2 is 1.95 bits per heavy atom. The molecule has 110 valence electrons. The zero-order valence-corrected chi connectivity index (χ0v) is 13.6. The van der Waals surface area contributed by atoms with E-state index in [-0.39, 0.29) is 11.2 Å². The predicted molar refractivity (Wildman–Crippen MR) is 90.0 cm³/mol. The van der Waals surface area contributed by atoms with Crippen LogP contribution in [0.3, 0.4) is 0 Å². The zero-order valence-electron chi connectivity index (χ0n) is 11.3. The minimum absolute atomic E-state index is 0.00609. The number of fused-ring (bicyclic) bond motifs is 3. The number of para-hydroxylation sites is 2. The van der Waals surface area contributed by atoms with Crippen LogP contribution in [0.25, 0.3) is 11.0 Å². The van der Waals surface area contributed by atoms with Gasteiger partial charge in [0.25, 0.3) is 0 Å². The standard InChI is InChI=1S/C16H10Cl2N2OS/c17-10-6-5-9(7-11(10)18)14-8-15(21)20-13-4-2-1-3-12(13)19-16(20)22-14/h1-7,14H,8H2. The van der Waals surface area contributed by atoms with E-state index in [1.54, 1.807) is 22.4 Å². The predicted octanol–water partition coefficient (Wildman–Crippen LogP) is 5.22. The van der Waals surface area contributed by atoms with Gasteiger partial charge in [-0.15, -0.1) is 0 Å². The van der Waals surface area contributed by atoms with Crippen molar-refractivity contribution in [3.8, 4) is 0 Å². The van der Waals surface area contributed by atoms with Crippen LogP contribution in [0.5, 0.6) is 0 Å². The van der Waals surface area contributed by atoms with Gasteiger partial charge in [-0.05, 0) is 29.8 Å². The molecule has 4 rings (SSSR count). The van der Waals surface area contributed by atoms with Gasteiger partial charge in [0.2, 0.25) is 5.91 Å². The first-order valence-electron chi connectivity index (χ1n) is 6.76. The van der Waals surface area contributed by atoms with Crippen LogP contribution in [0.1, 0.15) is 22.0 Å². The summed E-state index contributed by atoms with van der Waals surface area (Å²) >= 11 is 13.6. The topological polar surface area (TPSA) is 34.9 Å². The molecule has 1 aliphatic heterocycles. The van der Waals surface area contributed by atoms with Crippen molar-refractivity contribution in [2.24, 2.45) is 0 Å². The quantitative estimate of drug-likeness (QED) is 0.604. The van der Waals surface area contributed by atoms with E-state index in [9.17, 15) is 4.79 Å². The molecule has 0 spiro atoms. The Balaban J connectivity index is 1.78. The lowest BCUT2D eigenvalue weighted by molar-refractivity contribution is 0.0891. The van der Waals surface area contributed by atoms with E-state index in [1.807, 2.05) is 36.4 Å². The highest BCUT2D eigenvalue weighted by molar-refractivity contribution is 7.99. The number of halogens is 2. The summed E-state index contributed by atoms with van der Waals surface area (Å²) in [6.45, 7) is 0. The molecular weight excluding hydrogens is 339 g/mol. The number of hydrogen-bond acceptors (Lipinski definition) is 3. The lowest BCUT2D eigenvalue weighted by Gasteiger charge is -2.22. The van der Waals surface area contributed by atoms with Gasteiger partial charge in [0.1, 0.15) is 0 Å². The van der Waals surface area contributed by atoms with E-state index < -0.39 is 0 Å². The summed E-state index contributed by atoms with van der Waals surface area (Å²) in [4.78, 5) is 17.1. The maximum Gasteiger partial charge on any atom is 0.234 e. The number of thioether (sulfide) groups is 1. The highest BCUT2D eigenvalue weighted by atomic mass is 35.5. The number of carbonyl (C=O) groups is 1. The average molecular weight is 349 g/mol. The molecule has 3 aromatic rings. The summed E-state index contributed by atoms with van der Waals surface area (Å²) < 4.78 is 1.70. The van der Waals surface area contributed by atoms with Gasteiger partial charge in [-0.1, -0.05) is 53.2 Å². The first-order chi connectivity index (χ1) is 10.6. The minimum atomic E-state index is 0.00609. The summed E-state index contributed by atoms with van der Waals surface area (Å²) in [7, 11) is 0. The first kappa shape index (κ1) is 14.1. The number of carbonyl (C=O) groups excluding carboxylic acids is 1. The summed E-state index contributed by atoms with van der Waals surface area (Å²) in [5.74, 6) is 0.0542. The fraction of sp³-hybridized carbons (Fsp3) is 0.125. The summed E-state index contributed by atoms with van der Waals surface area (Å²) in [5.41, 5.74) is 2.70. The van der Waals surface area contributed by atoms with Crippen molar-refractivity contribution in [3.05, 3.63) is 58.1 Å². The normalized spacial score (nSPS) is 17.7. The number of nitrogens with zero attached hydrogens (tertiary/aromatic N) is 2. The maximum atomic E-state index is 12.5. The highest BCUT2D eigenvalue weighted by Gasteiger charge is 2.29. The van der Waals surface area contributed by atoms with E-state index in [2.05, 4.69) is 4.98 Å². The molecule has 1 aliphatic rings. The van der Waals surface area contributed by atoms with Gasteiger partial charge in [0.15, 0.2) is 5.16 Å². The molecule has 3 nitrogen and oxygen atoms in total. The van der Waals surface area contributed by atoms with Crippen LogP contribution in [0.4, 0.5) is 0 Å². The van der Waals surface area contributed by atoms with E-state index >= 15 is 0 Å². The van der Waals surface area contributed by atoms with Crippen molar-refractivity contribution in [2.75, 3.05) is 0 Å². The second-order valence-corrected chi connectivity index (χ2v) is 7.08. The third-order valence-corrected chi connectivity index (χ3v) is 5.65. The van der Waals surface area contributed by atoms with Crippen LogP contribution < -0.4 is 0 Å². The van der Waals surface area contributed by atoms with Crippen molar-refractivity contribution in [3.63, 3.8) is 0 Å². The van der Waals surface area contributed by atoms with Gasteiger partial charge in [-0.2, -0.15) is 0 Å². The molecule has 2 aromatic carbocycles. The second-order valence-electron chi connectivity index (χ2n) is 5.10. The molecule has 0 amide bonds. The molecule has 0 fully saturated rings. The van der Waals surface area contributed by atoms with Crippen molar-refractivity contribution in [1.29, 1.82) is 0 Å². The molecule has 6 heteroatoms. The number of hydrogen-bond donors (Lipinski definition) is 0. The van der Waals surface area contributed by atoms with Crippen LogP contribution >= 0.6 is 35.0 Å². The van der Waals surface area contributed by atoms with Gasteiger partial charge in [0, 0.05) is 11.7 Å². The Morgan fingerprint density at radius 1 is 1.14 bits per heavy atom. The zero-order chi connectivity index (χ0) is 15.3. The molecule has 2 heterocycles. The van der Waals surface area contributed by atoms with Crippen LogP contribution in [0.2, 0.25) is 10.0 Å². The Kier molecular flexibility index (Phi) is 3.40. The monoisotopic (exact) mass is 348 g/mol. The van der Waals surface area contributed by atoms with Crippen molar-refractivity contribution in [1.82, 2.24) is 9.55 Å². The summed E-state index contributed by atoms with van der Waals surface area (Å²) in [6, 6.07) is 13.2. The molecule has 1 aromatic heterocycles. The number of imidazole rings is 1. The van der Waals surface area contributed by atoms with Crippen LogP contribution in [-0.2, 0) is 0 Å². The molecule has 0 N–H and O–H groups in total. The van der Waals surface area contributed by atoms with Crippen molar-refractivity contribution < 1.29 is 4.79 Å². The SMILES string of the molecule is O=C1CC(c2ccc(Cl)c(Cl)c2)Sc2nc3ccccc3n21. The van der Waals surface area contributed by atoms with E-state index in [4.69, 9.17) is 23.2 Å².